The number of sulfone groups is 1. The predicted molar refractivity (Wildman–Crippen MR) is 76.9 cm³/mol. The molecule has 1 aromatic rings. The highest BCUT2D eigenvalue weighted by Crippen LogP contribution is 2.18. The standard InChI is InChI=1S/C11H15ClN2O4S2/c12-10-7-19(15,16)8-11(10)14-20(17,18)6-3-9-1-4-13-5-2-9/h1-2,4-5,10-11,14H,3,6-8H2. The van der Waals surface area contributed by atoms with Crippen molar-refractivity contribution in [1.29, 1.82) is 0 Å². The van der Waals surface area contributed by atoms with E-state index in [4.69, 9.17) is 11.6 Å². The molecule has 1 N–H and O–H groups in total. The van der Waals surface area contributed by atoms with Gasteiger partial charge in [-0.2, -0.15) is 0 Å². The molecule has 0 aromatic carbocycles. The second kappa shape index (κ2) is 5.97. The molecule has 0 spiro atoms. The Balaban J connectivity index is 1.95. The van der Waals surface area contributed by atoms with Crippen molar-refractivity contribution >= 4 is 31.5 Å². The minimum atomic E-state index is -3.57. The third kappa shape index (κ3) is 4.41. The van der Waals surface area contributed by atoms with E-state index in [1.165, 1.54) is 0 Å². The molecule has 2 unspecified atom stereocenters. The second-order valence-corrected chi connectivity index (χ2v) is 9.33. The number of hydrogen-bond acceptors (Lipinski definition) is 5. The molecule has 0 bridgehead atoms. The third-order valence-electron chi connectivity index (χ3n) is 3.02. The van der Waals surface area contributed by atoms with Gasteiger partial charge in [0.15, 0.2) is 9.84 Å². The van der Waals surface area contributed by atoms with Gasteiger partial charge >= 0.3 is 0 Å². The van der Waals surface area contributed by atoms with Gasteiger partial charge < -0.3 is 0 Å². The molecular formula is C11H15ClN2O4S2. The van der Waals surface area contributed by atoms with Gasteiger partial charge in [0, 0.05) is 12.4 Å². The quantitative estimate of drug-likeness (QED) is 0.760. The van der Waals surface area contributed by atoms with Crippen LogP contribution < -0.4 is 4.72 Å². The largest absolute Gasteiger partial charge is 0.265 e. The van der Waals surface area contributed by atoms with Crippen molar-refractivity contribution in [2.24, 2.45) is 0 Å². The van der Waals surface area contributed by atoms with Crippen molar-refractivity contribution in [3.8, 4) is 0 Å². The number of nitrogens with zero attached hydrogens (tertiary/aromatic N) is 1. The number of pyridine rings is 1. The van der Waals surface area contributed by atoms with Crippen LogP contribution in [0.1, 0.15) is 5.56 Å². The fraction of sp³-hybridized carbons (Fsp3) is 0.545. The third-order valence-corrected chi connectivity index (χ3v) is 6.80. The molecule has 2 atom stereocenters. The zero-order valence-corrected chi connectivity index (χ0v) is 13.0. The Labute approximate surface area is 123 Å². The summed E-state index contributed by atoms with van der Waals surface area (Å²) in [5, 5.41) is -0.712. The highest BCUT2D eigenvalue weighted by molar-refractivity contribution is 7.92. The van der Waals surface area contributed by atoms with Gasteiger partial charge in [0.1, 0.15) is 0 Å². The average Bonchev–Trinajstić information content (AvgIpc) is 2.60. The molecule has 1 aliphatic heterocycles. The van der Waals surface area contributed by atoms with Gasteiger partial charge in [0.25, 0.3) is 0 Å². The first-order chi connectivity index (χ1) is 9.27. The zero-order valence-electron chi connectivity index (χ0n) is 10.6. The maximum Gasteiger partial charge on any atom is 0.212 e. The lowest BCUT2D eigenvalue weighted by atomic mass is 10.2. The minimum Gasteiger partial charge on any atom is -0.265 e. The average molecular weight is 339 g/mol. The minimum absolute atomic E-state index is 0.114. The SMILES string of the molecule is O=S1(=O)CC(Cl)C(NS(=O)(=O)CCc2ccncc2)C1. The van der Waals surface area contributed by atoms with Crippen molar-refractivity contribution in [3.63, 3.8) is 0 Å². The highest BCUT2D eigenvalue weighted by Gasteiger charge is 2.38. The molecule has 0 aliphatic carbocycles. The van der Waals surface area contributed by atoms with Gasteiger partial charge in [0.2, 0.25) is 10.0 Å². The van der Waals surface area contributed by atoms with E-state index >= 15 is 0 Å². The van der Waals surface area contributed by atoms with Crippen LogP contribution in [0.4, 0.5) is 0 Å². The highest BCUT2D eigenvalue weighted by atomic mass is 35.5. The van der Waals surface area contributed by atoms with Gasteiger partial charge in [-0.25, -0.2) is 21.6 Å². The van der Waals surface area contributed by atoms with Crippen molar-refractivity contribution in [1.82, 2.24) is 9.71 Å². The van der Waals surface area contributed by atoms with Crippen LogP contribution in [0, 0.1) is 0 Å². The number of rotatable bonds is 5. The lowest BCUT2D eigenvalue weighted by molar-refractivity contribution is 0.563. The molecule has 112 valence electrons. The van der Waals surface area contributed by atoms with Crippen molar-refractivity contribution < 1.29 is 16.8 Å². The van der Waals surface area contributed by atoms with Gasteiger partial charge in [-0.15, -0.1) is 11.6 Å². The van der Waals surface area contributed by atoms with Crippen molar-refractivity contribution in [2.45, 2.75) is 17.8 Å². The summed E-state index contributed by atoms with van der Waals surface area (Å²) < 4.78 is 49.0. The summed E-state index contributed by atoms with van der Waals surface area (Å²) >= 11 is 5.87. The van der Waals surface area contributed by atoms with E-state index in [9.17, 15) is 16.8 Å². The Morgan fingerprint density at radius 1 is 1.30 bits per heavy atom. The van der Waals surface area contributed by atoms with E-state index < -0.39 is 31.3 Å². The molecule has 0 radical (unpaired) electrons. The number of aromatic nitrogens is 1. The molecule has 2 heterocycles. The monoisotopic (exact) mass is 338 g/mol. The first-order valence-electron chi connectivity index (χ1n) is 6.01. The first kappa shape index (κ1) is 15.7. The van der Waals surface area contributed by atoms with Crippen LogP contribution in [0.5, 0.6) is 0 Å². The van der Waals surface area contributed by atoms with Crippen molar-refractivity contribution in [3.05, 3.63) is 30.1 Å². The fourth-order valence-electron chi connectivity index (χ4n) is 2.00. The van der Waals surface area contributed by atoms with Crippen LogP contribution in [0.3, 0.4) is 0 Å². The Morgan fingerprint density at radius 3 is 2.50 bits per heavy atom. The van der Waals surface area contributed by atoms with E-state index in [1.54, 1.807) is 24.5 Å². The zero-order chi connectivity index (χ0) is 14.8. The van der Waals surface area contributed by atoms with Gasteiger partial charge in [0.05, 0.1) is 28.7 Å². The fourth-order valence-corrected chi connectivity index (χ4v) is 6.07. The van der Waals surface area contributed by atoms with E-state index in [2.05, 4.69) is 9.71 Å². The van der Waals surface area contributed by atoms with Gasteiger partial charge in [-0.1, -0.05) is 0 Å². The molecule has 2 rings (SSSR count). The topological polar surface area (TPSA) is 93.2 Å². The summed E-state index contributed by atoms with van der Waals surface area (Å²) in [5.74, 6) is -0.543. The normalized spacial score (nSPS) is 25.6. The summed E-state index contributed by atoms with van der Waals surface area (Å²) in [6, 6.07) is 2.73. The Bertz CT molecular complexity index is 661. The number of aryl methyl sites for hydroxylation is 1. The number of sulfonamides is 1. The van der Waals surface area contributed by atoms with E-state index in [1.807, 2.05) is 0 Å². The lowest BCUT2D eigenvalue weighted by Gasteiger charge is -2.14. The van der Waals surface area contributed by atoms with Crippen LogP contribution in [-0.4, -0.2) is 50.5 Å². The molecule has 1 fully saturated rings. The summed E-state index contributed by atoms with van der Waals surface area (Å²) in [7, 11) is -6.82. The number of halogens is 1. The molecule has 1 aliphatic rings. The second-order valence-electron chi connectivity index (χ2n) is 4.74. The maximum atomic E-state index is 11.9. The molecule has 1 saturated heterocycles. The molecule has 0 saturated carbocycles. The van der Waals surface area contributed by atoms with Crippen LogP contribution in [0.2, 0.25) is 0 Å². The Morgan fingerprint density at radius 2 is 1.95 bits per heavy atom. The maximum absolute atomic E-state index is 11.9. The smallest absolute Gasteiger partial charge is 0.212 e. The molecule has 0 amide bonds. The van der Waals surface area contributed by atoms with Crippen LogP contribution in [0.25, 0.3) is 0 Å². The number of nitrogens with one attached hydrogen (secondary N) is 1. The van der Waals surface area contributed by atoms with E-state index in [0.717, 1.165) is 5.56 Å². The number of alkyl halides is 1. The van der Waals surface area contributed by atoms with E-state index in [-0.39, 0.29) is 17.3 Å². The van der Waals surface area contributed by atoms with Crippen LogP contribution in [-0.2, 0) is 26.3 Å². The molecule has 1 aromatic heterocycles. The summed E-state index contributed by atoms with van der Waals surface area (Å²) in [6.45, 7) is 0. The Hall–Kier alpha value is -0.700. The number of hydrogen-bond donors (Lipinski definition) is 1. The van der Waals surface area contributed by atoms with Gasteiger partial charge in [-0.3, -0.25) is 4.98 Å². The molecule has 6 nitrogen and oxygen atoms in total. The van der Waals surface area contributed by atoms with E-state index in [0.29, 0.717) is 6.42 Å². The van der Waals surface area contributed by atoms with Crippen molar-refractivity contribution in [2.75, 3.05) is 17.3 Å². The summed E-state index contributed by atoms with van der Waals surface area (Å²) in [6.07, 6.45) is 3.52. The van der Waals surface area contributed by atoms with Crippen LogP contribution in [0.15, 0.2) is 24.5 Å². The Kier molecular flexibility index (Phi) is 4.68. The molecular weight excluding hydrogens is 324 g/mol. The molecule has 20 heavy (non-hydrogen) atoms. The lowest BCUT2D eigenvalue weighted by Crippen LogP contribution is -2.42. The predicted octanol–water partition coefficient (Wildman–Crippen LogP) is -0.0521. The summed E-state index contributed by atoms with van der Waals surface area (Å²) in [5.41, 5.74) is 0.854. The van der Waals surface area contributed by atoms with Gasteiger partial charge in [-0.05, 0) is 24.1 Å². The molecule has 9 heteroatoms. The summed E-state index contributed by atoms with van der Waals surface area (Å²) in [4.78, 5) is 3.85. The first-order valence-corrected chi connectivity index (χ1v) is 9.92. The van der Waals surface area contributed by atoms with Crippen LogP contribution >= 0.6 is 11.6 Å².